The van der Waals surface area contributed by atoms with Crippen molar-refractivity contribution in [3.63, 3.8) is 0 Å². The maximum absolute atomic E-state index is 12.4. The van der Waals surface area contributed by atoms with Crippen molar-refractivity contribution in [2.24, 2.45) is 0 Å². The Bertz CT molecular complexity index is 789. The molecule has 0 amide bonds. The summed E-state index contributed by atoms with van der Waals surface area (Å²) >= 11 is 0. The fraction of sp³-hybridized carbons (Fsp3) is 0.318. The summed E-state index contributed by atoms with van der Waals surface area (Å²) in [7, 11) is 1.58. The number of methoxy groups -OCH3 is 1. The zero-order valence-electron chi connectivity index (χ0n) is 15.6. The van der Waals surface area contributed by atoms with Crippen LogP contribution in [0.1, 0.15) is 53.7 Å². The van der Waals surface area contributed by atoms with E-state index in [0.29, 0.717) is 16.9 Å². The Kier molecular flexibility index (Phi) is 6.84. The van der Waals surface area contributed by atoms with E-state index in [1.165, 1.54) is 18.2 Å². The summed E-state index contributed by atoms with van der Waals surface area (Å²) in [5.41, 5.74) is 2.91. The van der Waals surface area contributed by atoms with Crippen molar-refractivity contribution in [3.8, 4) is 17.2 Å². The number of phenolic OH excluding ortho intramolecular Hbond substituents is 2. The van der Waals surface area contributed by atoms with Gasteiger partial charge in [0.2, 0.25) is 0 Å². The monoisotopic (exact) mass is 354 g/mol. The van der Waals surface area contributed by atoms with E-state index in [4.69, 9.17) is 4.74 Å². The number of carbonyl (C=O) groups excluding carboxylic acids is 1. The van der Waals surface area contributed by atoms with Gasteiger partial charge in [-0.15, -0.1) is 0 Å². The number of phenols is 2. The Labute approximate surface area is 154 Å². The lowest BCUT2D eigenvalue weighted by Crippen LogP contribution is -2.00. The highest BCUT2D eigenvalue weighted by atomic mass is 16.5. The summed E-state index contributed by atoms with van der Waals surface area (Å²) in [6.07, 6.45) is 6.52. The van der Waals surface area contributed by atoms with Crippen molar-refractivity contribution in [3.05, 3.63) is 58.7 Å². The molecule has 0 aliphatic carbocycles. The minimum absolute atomic E-state index is 0.112. The van der Waals surface area contributed by atoms with Crippen LogP contribution < -0.4 is 4.74 Å². The molecule has 0 radical (unpaired) electrons. The maximum atomic E-state index is 12.4. The van der Waals surface area contributed by atoms with Gasteiger partial charge < -0.3 is 14.9 Å². The molecule has 0 saturated heterocycles. The van der Waals surface area contributed by atoms with Crippen LogP contribution in [0.3, 0.4) is 0 Å². The van der Waals surface area contributed by atoms with Gasteiger partial charge in [0, 0.05) is 5.56 Å². The average molecular weight is 354 g/mol. The van der Waals surface area contributed by atoms with E-state index < -0.39 is 0 Å². The molecule has 0 aliphatic rings. The molecule has 4 nitrogen and oxygen atoms in total. The molecular formula is C22H26O4. The van der Waals surface area contributed by atoms with E-state index in [9.17, 15) is 15.0 Å². The second kappa shape index (κ2) is 9.09. The summed E-state index contributed by atoms with van der Waals surface area (Å²) in [5, 5.41) is 20.0. The van der Waals surface area contributed by atoms with Gasteiger partial charge in [-0.3, -0.25) is 4.79 Å². The van der Waals surface area contributed by atoms with Crippen LogP contribution in [0.4, 0.5) is 0 Å². The van der Waals surface area contributed by atoms with Gasteiger partial charge in [0.05, 0.1) is 12.7 Å². The SMILES string of the molecule is CCCc1cc(CCC)c(OC)c(C=CC(=O)c2ccc(O)cc2)c1O. The molecule has 2 N–H and O–H groups in total. The Hall–Kier alpha value is -2.75. The highest BCUT2D eigenvalue weighted by molar-refractivity contribution is 6.07. The van der Waals surface area contributed by atoms with Crippen LogP contribution in [0.5, 0.6) is 17.2 Å². The number of hydrogen-bond acceptors (Lipinski definition) is 4. The second-order valence-electron chi connectivity index (χ2n) is 6.23. The highest BCUT2D eigenvalue weighted by Gasteiger charge is 2.16. The van der Waals surface area contributed by atoms with E-state index in [0.717, 1.165) is 36.8 Å². The third kappa shape index (κ3) is 4.45. The number of aryl methyl sites for hydroxylation is 2. The molecule has 0 spiro atoms. The minimum atomic E-state index is -0.204. The van der Waals surface area contributed by atoms with Gasteiger partial charge in [-0.25, -0.2) is 0 Å². The lowest BCUT2D eigenvalue weighted by molar-refractivity contribution is 0.104. The molecule has 26 heavy (non-hydrogen) atoms. The average Bonchev–Trinajstić information content (AvgIpc) is 2.63. The normalized spacial score (nSPS) is 11.0. The predicted molar refractivity (Wildman–Crippen MR) is 104 cm³/mol. The fourth-order valence-corrected chi connectivity index (χ4v) is 2.99. The maximum Gasteiger partial charge on any atom is 0.185 e. The number of aromatic hydroxyl groups is 2. The van der Waals surface area contributed by atoms with Gasteiger partial charge >= 0.3 is 0 Å². The molecule has 0 bridgehead atoms. The minimum Gasteiger partial charge on any atom is -0.508 e. The number of carbonyl (C=O) groups is 1. The lowest BCUT2D eigenvalue weighted by Gasteiger charge is -2.16. The molecule has 0 atom stereocenters. The first-order chi connectivity index (χ1) is 12.5. The van der Waals surface area contributed by atoms with Crippen LogP contribution in [0.25, 0.3) is 6.08 Å². The van der Waals surface area contributed by atoms with Crippen molar-refractivity contribution in [2.75, 3.05) is 7.11 Å². The third-order valence-corrected chi connectivity index (χ3v) is 4.24. The molecule has 4 heteroatoms. The topological polar surface area (TPSA) is 66.8 Å². The third-order valence-electron chi connectivity index (χ3n) is 4.24. The molecule has 2 aromatic rings. The van der Waals surface area contributed by atoms with Crippen LogP contribution in [-0.4, -0.2) is 23.1 Å². The zero-order chi connectivity index (χ0) is 19.1. The summed E-state index contributed by atoms with van der Waals surface area (Å²) in [6, 6.07) is 8.07. The first-order valence-corrected chi connectivity index (χ1v) is 8.94. The lowest BCUT2D eigenvalue weighted by atomic mass is 9.96. The smallest absolute Gasteiger partial charge is 0.185 e. The molecule has 0 unspecified atom stereocenters. The molecule has 0 fully saturated rings. The van der Waals surface area contributed by atoms with Gasteiger partial charge in [-0.05, 0) is 66.5 Å². The van der Waals surface area contributed by atoms with E-state index in [-0.39, 0.29) is 17.3 Å². The largest absolute Gasteiger partial charge is 0.508 e. The Morgan fingerprint density at radius 1 is 1.04 bits per heavy atom. The fourth-order valence-electron chi connectivity index (χ4n) is 2.99. The quantitative estimate of drug-likeness (QED) is 0.522. The standard InChI is InChI=1S/C22H26O4/c1-4-6-16-14-17(7-5-2)22(26-3)19(21(16)25)12-13-20(24)15-8-10-18(23)11-9-15/h8-14,23,25H,4-7H2,1-3H3. The van der Waals surface area contributed by atoms with Crippen molar-refractivity contribution in [2.45, 2.75) is 39.5 Å². The van der Waals surface area contributed by atoms with Crippen molar-refractivity contribution in [1.29, 1.82) is 0 Å². The van der Waals surface area contributed by atoms with Gasteiger partial charge in [-0.1, -0.05) is 26.7 Å². The summed E-state index contributed by atoms with van der Waals surface area (Å²) in [4.78, 5) is 12.4. The molecule has 0 saturated carbocycles. The van der Waals surface area contributed by atoms with Gasteiger partial charge in [0.1, 0.15) is 17.2 Å². The number of ketones is 1. The molecule has 0 heterocycles. The van der Waals surface area contributed by atoms with Crippen LogP contribution in [0.15, 0.2) is 36.4 Å². The molecular weight excluding hydrogens is 328 g/mol. The Morgan fingerprint density at radius 3 is 2.23 bits per heavy atom. The molecule has 138 valence electrons. The van der Waals surface area contributed by atoms with Crippen molar-refractivity contribution in [1.82, 2.24) is 0 Å². The Morgan fingerprint density at radius 2 is 1.65 bits per heavy atom. The summed E-state index contributed by atoms with van der Waals surface area (Å²) in [6.45, 7) is 4.16. The van der Waals surface area contributed by atoms with Gasteiger partial charge in [-0.2, -0.15) is 0 Å². The molecule has 0 aromatic heterocycles. The Balaban J connectivity index is 2.45. The highest BCUT2D eigenvalue weighted by Crippen LogP contribution is 2.37. The molecule has 2 rings (SSSR count). The van der Waals surface area contributed by atoms with E-state index in [1.807, 2.05) is 6.07 Å². The van der Waals surface area contributed by atoms with Gasteiger partial charge in [0.25, 0.3) is 0 Å². The predicted octanol–water partition coefficient (Wildman–Crippen LogP) is 4.91. The second-order valence-corrected chi connectivity index (χ2v) is 6.23. The number of allylic oxidation sites excluding steroid dienone is 1. The zero-order valence-corrected chi connectivity index (χ0v) is 15.6. The number of ether oxygens (including phenoxy) is 1. The van der Waals surface area contributed by atoms with Gasteiger partial charge in [0.15, 0.2) is 5.78 Å². The van der Waals surface area contributed by atoms with Crippen molar-refractivity contribution >= 4 is 11.9 Å². The summed E-state index contributed by atoms with van der Waals surface area (Å²) in [5.74, 6) is 0.683. The molecule has 2 aromatic carbocycles. The van der Waals surface area contributed by atoms with Crippen LogP contribution in [0.2, 0.25) is 0 Å². The number of rotatable bonds is 8. The number of benzene rings is 2. The van der Waals surface area contributed by atoms with E-state index >= 15 is 0 Å². The van der Waals surface area contributed by atoms with Crippen LogP contribution in [0, 0.1) is 0 Å². The number of hydrogen-bond donors (Lipinski definition) is 2. The van der Waals surface area contributed by atoms with E-state index in [2.05, 4.69) is 13.8 Å². The van der Waals surface area contributed by atoms with E-state index in [1.54, 1.807) is 25.3 Å². The van der Waals surface area contributed by atoms with Crippen LogP contribution in [-0.2, 0) is 12.8 Å². The van der Waals surface area contributed by atoms with Crippen LogP contribution >= 0.6 is 0 Å². The first kappa shape index (κ1) is 19.6. The summed E-state index contributed by atoms with van der Waals surface area (Å²) < 4.78 is 5.54. The molecule has 0 aliphatic heterocycles. The van der Waals surface area contributed by atoms with Crippen molar-refractivity contribution < 1.29 is 19.7 Å². The first-order valence-electron chi connectivity index (χ1n) is 8.94.